The van der Waals surface area contributed by atoms with Gasteiger partial charge in [0.25, 0.3) is 5.56 Å². The summed E-state index contributed by atoms with van der Waals surface area (Å²) in [6.45, 7) is 2.97. The molecule has 2 aromatic heterocycles. The Morgan fingerprint density at radius 2 is 2.08 bits per heavy atom. The van der Waals surface area contributed by atoms with Gasteiger partial charge in [-0.2, -0.15) is 9.29 Å². The molecule has 1 saturated heterocycles. The molecule has 0 radical (unpaired) electrons. The van der Waals surface area contributed by atoms with Gasteiger partial charge in [0, 0.05) is 19.3 Å². The number of fused-ring (bicyclic) bond motifs is 3. The first-order chi connectivity index (χ1) is 12.4. The smallest absolute Gasteiger partial charge is 0.281 e. The summed E-state index contributed by atoms with van der Waals surface area (Å²) in [4.78, 5) is 16.4. The summed E-state index contributed by atoms with van der Waals surface area (Å²) in [5, 5.41) is 0.348. The lowest BCUT2D eigenvalue weighted by atomic mass is 10.0. The third-order valence-corrected chi connectivity index (χ3v) is 7.16. The Labute approximate surface area is 156 Å². The number of pyridine rings is 1. The molecule has 1 aliphatic rings. The van der Waals surface area contributed by atoms with Crippen molar-refractivity contribution in [2.24, 2.45) is 5.92 Å². The van der Waals surface area contributed by atoms with Crippen molar-refractivity contribution in [3.05, 3.63) is 51.9 Å². The van der Waals surface area contributed by atoms with Crippen LogP contribution in [0.3, 0.4) is 0 Å². The van der Waals surface area contributed by atoms with E-state index < -0.39 is 15.6 Å². The summed E-state index contributed by atoms with van der Waals surface area (Å²) >= 11 is 6.35. The highest BCUT2D eigenvalue weighted by molar-refractivity contribution is 7.89. The maximum absolute atomic E-state index is 13.1. The average molecular weight is 392 g/mol. The summed E-state index contributed by atoms with van der Waals surface area (Å²) in [5.41, 5.74) is 0.560. The van der Waals surface area contributed by atoms with Crippen LogP contribution >= 0.6 is 11.6 Å². The number of nitrogens with zero attached hydrogens (tertiary/aromatic N) is 3. The molecule has 1 aliphatic heterocycles. The van der Waals surface area contributed by atoms with Gasteiger partial charge >= 0.3 is 0 Å². The largest absolute Gasteiger partial charge is 0.301 e. The van der Waals surface area contributed by atoms with E-state index in [1.807, 2.05) is 13.0 Å². The SMILES string of the molecule is CC1CCCN(S(=O)(=O)c2cc3c(=O)nc4ccccn4c3cc2Cl)C1. The van der Waals surface area contributed by atoms with E-state index in [1.54, 1.807) is 22.7 Å². The normalized spacial score (nSPS) is 19.2. The first kappa shape index (κ1) is 17.5. The van der Waals surface area contributed by atoms with Crippen molar-refractivity contribution in [1.82, 2.24) is 13.7 Å². The van der Waals surface area contributed by atoms with E-state index in [-0.39, 0.29) is 15.3 Å². The topological polar surface area (TPSA) is 71.8 Å². The van der Waals surface area contributed by atoms with Gasteiger partial charge in [0.2, 0.25) is 10.0 Å². The first-order valence-electron chi connectivity index (χ1n) is 8.49. The molecule has 1 aromatic carbocycles. The zero-order valence-corrected chi connectivity index (χ0v) is 15.8. The zero-order chi connectivity index (χ0) is 18.5. The van der Waals surface area contributed by atoms with Crippen molar-refractivity contribution < 1.29 is 8.42 Å². The fraction of sp³-hybridized carbons (Fsp3) is 0.333. The molecule has 8 heteroatoms. The van der Waals surface area contributed by atoms with Gasteiger partial charge in [-0.05, 0) is 43.0 Å². The van der Waals surface area contributed by atoms with Gasteiger partial charge in [0.15, 0.2) is 0 Å². The van der Waals surface area contributed by atoms with Crippen molar-refractivity contribution >= 4 is 38.2 Å². The first-order valence-corrected chi connectivity index (χ1v) is 10.3. The Hall–Kier alpha value is -1.96. The third-order valence-electron chi connectivity index (χ3n) is 4.83. The van der Waals surface area contributed by atoms with Crippen LogP contribution in [-0.2, 0) is 10.0 Å². The van der Waals surface area contributed by atoms with Crippen molar-refractivity contribution in [2.75, 3.05) is 13.1 Å². The highest BCUT2D eigenvalue weighted by atomic mass is 35.5. The molecule has 0 amide bonds. The van der Waals surface area contributed by atoms with E-state index in [0.717, 1.165) is 12.8 Å². The molecule has 0 bridgehead atoms. The van der Waals surface area contributed by atoms with Gasteiger partial charge in [-0.3, -0.25) is 4.79 Å². The Balaban J connectivity index is 1.94. The summed E-state index contributed by atoms with van der Waals surface area (Å²) < 4.78 is 29.4. The van der Waals surface area contributed by atoms with E-state index in [4.69, 9.17) is 11.6 Å². The van der Waals surface area contributed by atoms with E-state index in [0.29, 0.717) is 30.2 Å². The lowest BCUT2D eigenvalue weighted by Gasteiger charge is -2.30. The van der Waals surface area contributed by atoms with Crippen molar-refractivity contribution in [3.8, 4) is 0 Å². The van der Waals surface area contributed by atoms with Crippen LogP contribution in [0.4, 0.5) is 0 Å². The van der Waals surface area contributed by atoms with Gasteiger partial charge in [-0.15, -0.1) is 0 Å². The molecule has 0 spiro atoms. The number of hydrogen-bond acceptors (Lipinski definition) is 4. The number of piperidine rings is 1. The van der Waals surface area contributed by atoms with Crippen LogP contribution in [0.5, 0.6) is 0 Å². The molecule has 0 aliphatic carbocycles. The van der Waals surface area contributed by atoms with Crippen LogP contribution < -0.4 is 5.56 Å². The van der Waals surface area contributed by atoms with Crippen LogP contribution in [0.1, 0.15) is 19.8 Å². The van der Waals surface area contributed by atoms with Gasteiger partial charge in [0.1, 0.15) is 10.5 Å². The standard InChI is InChI=1S/C18H18ClN3O3S/c1-12-5-4-7-21(11-12)26(24,25)16-9-13-15(10-14(16)19)22-8-3-2-6-17(22)20-18(13)23/h2-3,6,8-10,12H,4-5,7,11H2,1H3. The Bertz CT molecular complexity index is 1170. The van der Waals surface area contributed by atoms with Gasteiger partial charge in [-0.1, -0.05) is 24.6 Å². The second-order valence-electron chi connectivity index (χ2n) is 6.76. The summed E-state index contributed by atoms with van der Waals surface area (Å²) in [6.07, 6.45) is 3.59. The van der Waals surface area contributed by atoms with E-state index >= 15 is 0 Å². The molecular weight excluding hydrogens is 374 g/mol. The monoisotopic (exact) mass is 391 g/mol. The molecule has 3 aromatic rings. The van der Waals surface area contributed by atoms with Crippen molar-refractivity contribution in [3.63, 3.8) is 0 Å². The number of benzene rings is 1. The molecule has 4 rings (SSSR count). The fourth-order valence-corrected chi connectivity index (χ4v) is 5.63. The minimum Gasteiger partial charge on any atom is -0.301 e. The number of aromatic nitrogens is 2. The molecule has 0 saturated carbocycles. The molecule has 1 fully saturated rings. The second-order valence-corrected chi connectivity index (χ2v) is 9.07. The maximum atomic E-state index is 13.1. The molecular formula is C18H18ClN3O3S. The minimum absolute atomic E-state index is 0.0319. The van der Waals surface area contributed by atoms with Crippen LogP contribution in [0.25, 0.3) is 16.6 Å². The predicted octanol–water partition coefficient (Wildman–Crippen LogP) is 2.92. The Morgan fingerprint density at radius 3 is 2.85 bits per heavy atom. The molecule has 3 heterocycles. The predicted molar refractivity (Wildman–Crippen MR) is 101 cm³/mol. The van der Waals surface area contributed by atoms with Crippen LogP contribution in [0.15, 0.2) is 46.2 Å². The zero-order valence-electron chi connectivity index (χ0n) is 14.2. The van der Waals surface area contributed by atoms with Crippen molar-refractivity contribution in [1.29, 1.82) is 0 Å². The molecule has 0 N–H and O–H groups in total. The van der Waals surface area contributed by atoms with Crippen LogP contribution in [-0.4, -0.2) is 35.2 Å². The van der Waals surface area contributed by atoms with Crippen molar-refractivity contribution in [2.45, 2.75) is 24.7 Å². The van der Waals surface area contributed by atoms with E-state index in [9.17, 15) is 13.2 Å². The number of rotatable bonds is 2. The lowest BCUT2D eigenvalue weighted by molar-refractivity contribution is 0.281. The highest BCUT2D eigenvalue weighted by Crippen LogP contribution is 2.31. The number of sulfonamides is 1. The van der Waals surface area contributed by atoms with E-state index in [1.165, 1.54) is 16.4 Å². The average Bonchev–Trinajstić information content (AvgIpc) is 2.61. The Kier molecular flexibility index (Phi) is 4.25. The van der Waals surface area contributed by atoms with Gasteiger partial charge < -0.3 is 4.40 Å². The summed E-state index contributed by atoms with van der Waals surface area (Å²) in [5.74, 6) is 0.300. The molecule has 1 atom stereocenters. The lowest BCUT2D eigenvalue weighted by Crippen LogP contribution is -2.39. The van der Waals surface area contributed by atoms with Crippen LogP contribution in [0.2, 0.25) is 5.02 Å². The quantitative estimate of drug-likeness (QED) is 0.630. The molecule has 136 valence electrons. The third kappa shape index (κ3) is 2.80. The molecule has 1 unspecified atom stereocenters. The number of hydrogen-bond donors (Lipinski definition) is 0. The molecule has 26 heavy (non-hydrogen) atoms. The minimum atomic E-state index is -3.76. The van der Waals surface area contributed by atoms with E-state index in [2.05, 4.69) is 4.98 Å². The fourth-order valence-electron chi connectivity index (χ4n) is 3.51. The summed E-state index contributed by atoms with van der Waals surface area (Å²) in [6, 6.07) is 8.21. The second kappa shape index (κ2) is 6.33. The van der Waals surface area contributed by atoms with Crippen LogP contribution in [0, 0.1) is 5.92 Å². The number of halogens is 1. The maximum Gasteiger partial charge on any atom is 0.281 e. The summed E-state index contributed by atoms with van der Waals surface area (Å²) in [7, 11) is -3.76. The molecule has 6 nitrogen and oxygen atoms in total. The van der Waals surface area contributed by atoms with Gasteiger partial charge in [0.05, 0.1) is 15.9 Å². The Morgan fingerprint density at radius 1 is 1.27 bits per heavy atom. The highest BCUT2D eigenvalue weighted by Gasteiger charge is 2.31. The van der Waals surface area contributed by atoms with Gasteiger partial charge in [-0.25, -0.2) is 8.42 Å².